The molecule has 0 bridgehead atoms. The molecule has 1 aliphatic heterocycles. The molecule has 0 spiro atoms. The largest absolute Gasteiger partial charge is 0.487 e. The number of benzene rings is 1. The van der Waals surface area contributed by atoms with E-state index in [0.29, 0.717) is 23.7 Å². The highest BCUT2D eigenvalue weighted by Crippen LogP contribution is 2.50. The van der Waals surface area contributed by atoms with E-state index < -0.39 is 6.10 Å². The molecule has 2 nitrogen and oxygen atoms in total. The SMILES string of the molecule is CC1(C2CC2)C[C@H](O)c2ccc(F)cc2O1. The topological polar surface area (TPSA) is 29.5 Å². The van der Waals surface area contributed by atoms with Gasteiger partial charge in [0.25, 0.3) is 0 Å². The number of aliphatic hydroxyl groups excluding tert-OH is 1. The number of rotatable bonds is 1. The predicted octanol–water partition coefficient (Wildman–Crippen LogP) is 2.81. The van der Waals surface area contributed by atoms with E-state index in [0.717, 1.165) is 12.8 Å². The van der Waals surface area contributed by atoms with E-state index in [1.54, 1.807) is 6.07 Å². The molecule has 0 aromatic heterocycles. The zero-order valence-corrected chi connectivity index (χ0v) is 9.24. The van der Waals surface area contributed by atoms with Crippen molar-refractivity contribution in [1.82, 2.24) is 0 Å². The zero-order valence-electron chi connectivity index (χ0n) is 9.24. The minimum absolute atomic E-state index is 0.314. The van der Waals surface area contributed by atoms with Crippen molar-refractivity contribution in [3.05, 3.63) is 29.6 Å². The van der Waals surface area contributed by atoms with E-state index in [4.69, 9.17) is 4.74 Å². The average molecular weight is 222 g/mol. The first-order valence-electron chi connectivity index (χ1n) is 5.75. The lowest BCUT2D eigenvalue weighted by Crippen LogP contribution is -2.40. The molecule has 1 unspecified atom stereocenters. The third kappa shape index (κ3) is 1.50. The van der Waals surface area contributed by atoms with Gasteiger partial charge in [-0.1, -0.05) is 0 Å². The van der Waals surface area contributed by atoms with Gasteiger partial charge in [0, 0.05) is 18.1 Å². The number of halogens is 1. The molecule has 16 heavy (non-hydrogen) atoms. The molecular formula is C13H15FO2. The van der Waals surface area contributed by atoms with Crippen LogP contribution in [0.2, 0.25) is 0 Å². The van der Waals surface area contributed by atoms with Gasteiger partial charge < -0.3 is 9.84 Å². The molecule has 0 radical (unpaired) electrons. The van der Waals surface area contributed by atoms with Gasteiger partial charge >= 0.3 is 0 Å². The second-order valence-corrected chi connectivity index (χ2v) is 5.09. The van der Waals surface area contributed by atoms with Gasteiger partial charge in [0.15, 0.2) is 0 Å². The van der Waals surface area contributed by atoms with Crippen LogP contribution in [0.25, 0.3) is 0 Å². The Bertz CT molecular complexity index is 428. The van der Waals surface area contributed by atoms with Crippen LogP contribution in [-0.4, -0.2) is 10.7 Å². The number of aliphatic hydroxyl groups is 1. The Hall–Kier alpha value is -1.09. The standard InChI is InChI=1S/C13H15FO2/c1-13(8-2-3-8)7-11(15)10-5-4-9(14)6-12(10)16-13/h4-6,8,11,15H,2-3,7H2,1H3/t11-,13?/m0/s1. The van der Waals surface area contributed by atoms with E-state index in [2.05, 4.69) is 0 Å². The minimum Gasteiger partial charge on any atom is -0.487 e. The Morgan fingerprint density at radius 2 is 2.19 bits per heavy atom. The summed E-state index contributed by atoms with van der Waals surface area (Å²) in [6, 6.07) is 4.35. The van der Waals surface area contributed by atoms with Crippen molar-refractivity contribution in [2.75, 3.05) is 0 Å². The summed E-state index contributed by atoms with van der Waals surface area (Å²) < 4.78 is 19.0. The third-order valence-electron chi connectivity index (χ3n) is 3.72. The molecule has 3 heteroatoms. The predicted molar refractivity (Wildman–Crippen MR) is 57.7 cm³/mol. The molecule has 2 atom stereocenters. The molecule has 2 aliphatic rings. The normalized spacial score (nSPS) is 33.1. The Morgan fingerprint density at radius 3 is 2.88 bits per heavy atom. The molecule has 3 rings (SSSR count). The van der Waals surface area contributed by atoms with Gasteiger partial charge in [-0.15, -0.1) is 0 Å². The Balaban J connectivity index is 2.00. The van der Waals surface area contributed by atoms with Crippen LogP contribution in [0, 0.1) is 11.7 Å². The third-order valence-corrected chi connectivity index (χ3v) is 3.72. The first-order chi connectivity index (χ1) is 7.58. The summed E-state index contributed by atoms with van der Waals surface area (Å²) in [5.41, 5.74) is 0.389. The summed E-state index contributed by atoms with van der Waals surface area (Å²) in [6.07, 6.45) is 2.37. The summed E-state index contributed by atoms with van der Waals surface area (Å²) >= 11 is 0. The fraction of sp³-hybridized carbons (Fsp3) is 0.538. The quantitative estimate of drug-likeness (QED) is 0.791. The first-order valence-corrected chi connectivity index (χ1v) is 5.75. The molecule has 1 fully saturated rings. The van der Waals surface area contributed by atoms with Crippen LogP contribution in [0.4, 0.5) is 4.39 Å². The monoisotopic (exact) mass is 222 g/mol. The van der Waals surface area contributed by atoms with Crippen LogP contribution in [0.3, 0.4) is 0 Å². The van der Waals surface area contributed by atoms with Crippen LogP contribution in [0.1, 0.15) is 37.9 Å². The second-order valence-electron chi connectivity index (χ2n) is 5.09. The smallest absolute Gasteiger partial charge is 0.128 e. The van der Waals surface area contributed by atoms with Gasteiger partial charge in [-0.25, -0.2) is 4.39 Å². The van der Waals surface area contributed by atoms with Crippen LogP contribution >= 0.6 is 0 Å². The Morgan fingerprint density at radius 1 is 1.44 bits per heavy atom. The van der Waals surface area contributed by atoms with Gasteiger partial charge in [-0.3, -0.25) is 0 Å². The second kappa shape index (κ2) is 3.20. The molecule has 1 aromatic carbocycles. The summed E-state index contributed by atoms with van der Waals surface area (Å²) in [6.45, 7) is 2.02. The van der Waals surface area contributed by atoms with Gasteiger partial charge in [0.05, 0.1) is 6.10 Å². The summed E-state index contributed by atoms with van der Waals surface area (Å²) in [4.78, 5) is 0. The summed E-state index contributed by atoms with van der Waals surface area (Å²) in [5, 5.41) is 10.1. The Labute approximate surface area is 94.0 Å². The fourth-order valence-corrected chi connectivity index (χ4v) is 2.60. The van der Waals surface area contributed by atoms with E-state index in [9.17, 15) is 9.50 Å². The first kappa shape index (κ1) is 10.1. The van der Waals surface area contributed by atoms with E-state index >= 15 is 0 Å². The van der Waals surface area contributed by atoms with Crippen LogP contribution in [-0.2, 0) is 0 Å². The molecule has 1 saturated carbocycles. The molecular weight excluding hydrogens is 207 g/mol. The molecule has 0 amide bonds. The fourth-order valence-electron chi connectivity index (χ4n) is 2.60. The van der Waals surface area contributed by atoms with Gasteiger partial charge in [-0.2, -0.15) is 0 Å². The number of fused-ring (bicyclic) bond motifs is 1. The highest BCUT2D eigenvalue weighted by atomic mass is 19.1. The summed E-state index contributed by atoms with van der Waals surface area (Å²) in [5.74, 6) is 0.706. The Kier molecular flexibility index (Phi) is 2.02. The molecule has 1 aliphatic carbocycles. The zero-order chi connectivity index (χ0) is 11.3. The van der Waals surface area contributed by atoms with Crippen molar-refractivity contribution in [3.8, 4) is 5.75 Å². The van der Waals surface area contributed by atoms with E-state index in [1.807, 2.05) is 6.92 Å². The molecule has 1 heterocycles. The number of hydrogen-bond donors (Lipinski definition) is 1. The maximum Gasteiger partial charge on any atom is 0.128 e. The molecule has 0 saturated heterocycles. The summed E-state index contributed by atoms with van der Waals surface area (Å²) in [7, 11) is 0. The van der Waals surface area contributed by atoms with Gasteiger partial charge in [-0.05, 0) is 37.8 Å². The van der Waals surface area contributed by atoms with Crippen LogP contribution < -0.4 is 4.74 Å². The van der Waals surface area contributed by atoms with Crippen LogP contribution in [0.5, 0.6) is 5.75 Å². The highest BCUT2D eigenvalue weighted by Gasteiger charge is 2.47. The van der Waals surface area contributed by atoms with Crippen molar-refractivity contribution in [1.29, 1.82) is 0 Å². The van der Waals surface area contributed by atoms with Gasteiger partial charge in [0.1, 0.15) is 17.2 Å². The average Bonchev–Trinajstić information content (AvgIpc) is 2.99. The lowest BCUT2D eigenvalue weighted by atomic mass is 9.86. The van der Waals surface area contributed by atoms with Crippen molar-refractivity contribution in [3.63, 3.8) is 0 Å². The van der Waals surface area contributed by atoms with E-state index in [1.165, 1.54) is 12.1 Å². The number of ether oxygens (including phenoxy) is 1. The van der Waals surface area contributed by atoms with Gasteiger partial charge in [0.2, 0.25) is 0 Å². The van der Waals surface area contributed by atoms with Crippen LogP contribution in [0.15, 0.2) is 18.2 Å². The molecule has 86 valence electrons. The molecule has 1 N–H and O–H groups in total. The maximum absolute atomic E-state index is 13.1. The highest BCUT2D eigenvalue weighted by molar-refractivity contribution is 5.38. The minimum atomic E-state index is -0.532. The van der Waals surface area contributed by atoms with Crippen molar-refractivity contribution in [2.45, 2.75) is 37.9 Å². The number of hydrogen-bond acceptors (Lipinski definition) is 2. The van der Waals surface area contributed by atoms with Crippen molar-refractivity contribution >= 4 is 0 Å². The molecule has 1 aromatic rings. The maximum atomic E-state index is 13.1. The lowest BCUT2D eigenvalue weighted by molar-refractivity contribution is -0.0168. The van der Waals surface area contributed by atoms with Crippen molar-refractivity contribution < 1.29 is 14.2 Å². The van der Waals surface area contributed by atoms with E-state index in [-0.39, 0.29) is 11.4 Å². The lowest BCUT2D eigenvalue weighted by Gasteiger charge is -2.38. The van der Waals surface area contributed by atoms with Crippen molar-refractivity contribution in [2.24, 2.45) is 5.92 Å².